The molecule has 20 heavy (non-hydrogen) atoms. The van der Waals surface area contributed by atoms with Gasteiger partial charge in [0.2, 0.25) is 0 Å². The Labute approximate surface area is 123 Å². The SMILES string of the molecule is CC(C)c1ccc2c(c1)CCC1[C@](C)(O)CCC[C@]21C. The van der Waals surface area contributed by atoms with Crippen molar-refractivity contribution in [3.8, 4) is 0 Å². The first kappa shape index (κ1) is 14.1. The van der Waals surface area contributed by atoms with E-state index >= 15 is 0 Å². The lowest BCUT2D eigenvalue weighted by molar-refractivity contribution is -0.0748. The molecule has 0 radical (unpaired) electrons. The quantitative estimate of drug-likeness (QED) is 0.794. The van der Waals surface area contributed by atoms with Crippen molar-refractivity contribution in [3.63, 3.8) is 0 Å². The lowest BCUT2D eigenvalue weighted by atomic mass is 9.53. The summed E-state index contributed by atoms with van der Waals surface area (Å²) in [7, 11) is 0. The van der Waals surface area contributed by atoms with Crippen LogP contribution in [0.5, 0.6) is 0 Å². The van der Waals surface area contributed by atoms with E-state index in [4.69, 9.17) is 0 Å². The summed E-state index contributed by atoms with van der Waals surface area (Å²) in [6, 6.07) is 7.09. The molecule has 110 valence electrons. The van der Waals surface area contributed by atoms with Gasteiger partial charge in [0.15, 0.2) is 0 Å². The van der Waals surface area contributed by atoms with Crippen LogP contribution in [0.25, 0.3) is 0 Å². The van der Waals surface area contributed by atoms with Gasteiger partial charge in [-0.3, -0.25) is 0 Å². The van der Waals surface area contributed by atoms with E-state index < -0.39 is 5.60 Å². The van der Waals surface area contributed by atoms with E-state index in [1.807, 2.05) is 0 Å². The van der Waals surface area contributed by atoms with Crippen LogP contribution in [0.15, 0.2) is 18.2 Å². The molecule has 1 aromatic carbocycles. The van der Waals surface area contributed by atoms with E-state index in [-0.39, 0.29) is 5.41 Å². The highest BCUT2D eigenvalue weighted by atomic mass is 16.3. The number of aryl methyl sites for hydroxylation is 1. The molecule has 1 N–H and O–H groups in total. The van der Waals surface area contributed by atoms with Gasteiger partial charge in [0.05, 0.1) is 5.60 Å². The number of rotatable bonds is 1. The molecule has 1 nitrogen and oxygen atoms in total. The van der Waals surface area contributed by atoms with Crippen LogP contribution in [0.1, 0.15) is 76.0 Å². The second-order valence-electron chi connectivity index (χ2n) is 7.79. The average molecular weight is 272 g/mol. The van der Waals surface area contributed by atoms with Gasteiger partial charge in [-0.25, -0.2) is 0 Å². The highest BCUT2D eigenvalue weighted by Crippen LogP contribution is 2.53. The van der Waals surface area contributed by atoms with Gasteiger partial charge in [0.25, 0.3) is 0 Å². The molecule has 1 aromatic rings. The molecular weight excluding hydrogens is 244 g/mol. The topological polar surface area (TPSA) is 20.2 Å². The predicted octanol–water partition coefficient (Wildman–Crippen LogP) is 4.57. The first-order valence-electron chi connectivity index (χ1n) is 8.20. The zero-order valence-corrected chi connectivity index (χ0v) is 13.4. The largest absolute Gasteiger partial charge is 0.390 e. The number of hydrogen-bond acceptors (Lipinski definition) is 1. The minimum atomic E-state index is -0.485. The summed E-state index contributed by atoms with van der Waals surface area (Å²) in [6.45, 7) is 8.97. The third-order valence-electron chi connectivity index (χ3n) is 6.01. The summed E-state index contributed by atoms with van der Waals surface area (Å²) in [5.41, 5.74) is 4.19. The highest BCUT2D eigenvalue weighted by molar-refractivity contribution is 5.42. The lowest BCUT2D eigenvalue weighted by Crippen LogP contribution is -2.52. The molecule has 0 spiro atoms. The maximum absolute atomic E-state index is 10.8. The summed E-state index contributed by atoms with van der Waals surface area (Å²) in [6.07, 6.45) is 5.60. The van der Waals surface area contributed by atoms with E-state index in [1.54, 1.807) is 0 Å². The fraction of sp³-hybridized carbons (Fsp3) is 0.684. The van der Waals surface area contributed by atoms with Crippen LogP contribution in [-0.2, 0) is 11.8 Å². The zero-order chi connectivity index (χ0) is 14.5. The smallest absolute Gasteiger partial charge is 0.0656 e. The van der Waals surface area contributed by atoms with Gasteiger partial charge >= 0.3 is 0 Å². The Morgan fingerprint density at radius 2 is 1.95 bits per heavy atom. The Morgan fingerprint density at radius 3 is 2.65 bits per heavy atom. The fourth-order valence-corrected chi connectivity index (χ4v) is 4.84. The fourth-order valence-electron chi connectivity index (χ4n) is 4.84. The van der Waals surface area contributed by atoms with Crippen LogP contribution in [0.4, 0.5) is 0 Å². The Bertz CT molecular complexity index is 514. The molecule has 1 saturated carbocycles. The minimum absolute atomic E-state index is 0.171. The molecule has 2 aliphatic carbocycles. The summed E-state index contributed by atoms with van der Waals surface area (Å²) in [5.74, 6) is 1.02. The predicted molar refractivity (Wildman–Crippen MR) is 84.2 cm³/mol. The van der Waals surface area contributed by atoms with Gasteiger partial charge in [0.1, 0.15) is 0 Å². The molecule has 0 amide bonds. The van der Waals surface area contributed by atoms with Crippen molar-refractivity contribution in [3.05, 3.63) is 34.9 Å². The van der Waals surface area contributed by atoms with Crippen molar-refractivity contribution in [1.29, 1.82) is 0 Å². The van der Waals surface area contributed by atoms with E-state index in [9.17, 15) is 5.11 Å². The van der Waals surface area contributed by atoms with Crippen LogP contribution < -0.4 is 0 Å². The molecule has 1 unspecified atom stereocenters. The maximum atomic E-state index is 10.8. The van der Waals surface area contributed by atoms with Gasteiger partial charge in [-0.15, -0.1) is 0 Å². The van der Waals surface area contributed by atoms with Gasteiger partial charge in [-0.2, -0.15) is 0 Å². The molecule has 0 saturated heterocycles. The molecule has 0 aromatic heterocycles. The Hall–Kier alpha value is -0.820. The van der Waals surface area contributed by atoms with Crippen LogP contribution in [0, 0.1) is 5.92 Å². The van der Waals surface area contributed by atoms with Crippen LogP contribution in [-0.4, -0.2) is 10.7 Å². The van der Waals surface area contributed by atoms with E-state index in [0.29, 0.717) is 11.8 Å². The number of aliphatic hydroxyl groups is 1. The molecule has 2 aliphatic rings. The second kappa shape index (κ2) is 4.59. The molecule has 0 heterocycles. The molecule has 3 rings (SSSR count). The van der Waals surface area contributed by atoms with Crippen LogP contribution >= 0.6 is 0 Å². The van der Waals surface area contributed by atoms with Crippen molar-refractivity contribution in [2.75, 3.05) is 0 Å². The number of benzene rings is 1. The molecule has 1 fully saturated rings. The van der Waals surface area contributed by atoms with Crippen molar-refractivity contribution in [2.24, 2.45) is 5.92 Å². The van der Waals surface area contributed by atoms with E-state index in [1.165, 1.54) is 23.1 Å². The van der Waals surface area contributed by atoms with Crippen molar-refractivity contribution >= 4 is 0 Å². The summed E-state index contributed by atoms with van der Waals surface area (Å²) in [5, 5.41) is 10.8. The molecular formula is C19H28O. The van der Waals surface area contributed by atoms with Crippen molar-refractivity contribution in [2.45, 2.75) is 76.7 Å². The molecule has 0 bridgehead atoms. The standard InChI is InChI=1S/C19H28O/c1-13(2)14-6-8-16-15(12-14)7-9-17-18(16,3)10-5-11-19(17,4)20/h6,8,12-13,17,20H,5,7,9-11H2,1-4H3/t17?,18-,19-/m1/s1. The van der Waals surface area contributed by atoms with Gasteiger partial charge in [0, 0.05) is 0 Å². The third kappa shape index (κ3) is 2.02. The second-order valence-corrected chi connectivity index (χ2v) is 7.79. The normalized spacial score (nSPS) is 36.6. The lowest BCUT2D eigenvalue weighted by Gasteiger charge is -2.53. The monoisotopic (exact) mass is 272 g/mol. The van der Waals surface area contributed by atoms with Gasteiger partial charge in [-0.05, 0) is 73.0 Å². The molecule has 1 heteroatoms. The Kier molecular flexibility index (Phi) is 3.25. The zero-order valence-electron chi connectivity index (χ0n) is 13.4. The number of fused-ring (bicyclic) bond motifs is 3. The Balaban J connectivity index is 2.06. The van der Waals surface area contributed by atoms with Gasteiger partial charge in [-0.1, -0.05) is 39.0 Å². The van der Waals surface area contributed by atoms with Crippen molar-refractivity contribution in [1.82, 2.24) is 0 Å². The summed E-state index contributed by atoms with van der Waals surface area (Å²) in [4.78, 5) is 0. The number of hydrogen-bond donors (Lipinski definition) is 1. The summed E-state index contributed by atoms with van der Waals surface area (Å²) < 4.78 is 0. The average Bonchev–Trinajstić information content (AvgIpc) is 2.37. The van der Waals surface area contributed by atoms with E-state index in [0.717, 1.165) is 25.7 Å². The third-order valence-corrected chi connectivity index (χ3v) is 6.01. The molecule has 3 atom stereocenters. The summed E-state index contributed by atoms with van der Waals surface area (Å²) >= 11 is 0. The van der Waals surface area contributed by atoms with Crippen molar-refractivity contribution < 1.29 is 5.11 Å². The maximum Gasteiger partial charge on any atom is 0.0656 e. The van der Waals surface area contributed by atoms with Crippen LogP contribution in [0.2, 0.25) is 0 Å². The van der Waals surface area contributed by atoms with Gasteiger partial charge < -0.3 is 5.11 Å². The molecule has 0 aliphatic heterocycles. The Morgan fingerprint density at radius 1 is 1.20 bits per heavy atom. The van der Waals surface area contributed by atoms with Crippen LogP contribution in [0.3, 0.4) is 0 Å². The first-order chi connectivity index (χ1) is 9.34. The highest BCUT2D eigenvalue weighted by Gasteiger charge is 2.50. The first-order valence-corrected chi connectivity index (χ1v) is 8.20. The van der Waals surface area contributed by atoms with E-state index in [2.05, 4.69) is 45.9 Å². The minimum Gasteiger partial charge on any atom is -0.390 e.